The summed E-state index contributed by atoms with van der Waals surface area (Å²) in [6.45, 7) is 5.97. The third-order valence-corrected chi connectivity index (χ3v) is 4.24. The lowest BCUT2D eigenvalue weighted by atomic mass is 10.1. The van der Waals surface area contributed by atoms with Gasteiger partial charge in [-0.15, -0.1) is 0 Å². The average Bonchev–Trinajstić information content (AvgIpc) is 3.01. The lowest BCUT2D eigenvalue weighted by Crippen LogP contribution is -2.39. The number of benzene rings is 1. The Morgan fingerprint density at radius 1 is 1.16 bits per heavy atom. The van der Waals surface area contributed by atoms with Crippen LogP contribution in [-0.2, 0) is 13.1 Å². The molecule has 0 saturated heterocycles. The van der Waals surface area contributed by atoms with Crippen LogP contribution in [0.3, 0.4) is 0 Å². The first-order valence-corrected chi connectivity index (χ1v) is 8.14. The Labute approximate surface area is 143 Å². The highest BCUT2D eigenvalue weighted by molar-refractivity contribution is 5.76. The van der Waals surface area contributed by atoms with Gasteiger partial charge in [-0.25, -0.2) is 14.2 Å². The minimum Gasteiger partial charge on any atom is -0.333 e. The number of nitrogens with zero attached hydrogens (tertiary/aromatic N) is 3. The van der Waals surface area contributed by atoms with Gasteiger partial charge < -0.3 is 4.98 Å². The molecule has 2 aromatic heterocycles. The van der Waals surface area contributed by atoms with Gasteiger partial charge in [0.25, 0.3) is 5.56 Å². The SMILES string of the molecule is CCn1c(=O)c2[nH]c(/C=C/c3cccc(F)c3C)nc2n(CC)c1=O. The van der Waals surface area contributed by atoms with Gasteiger partial charge in [0.1, 0.15) is 17.2 Å². The van der Waals surface area contributed by atoms with Gasteiger partial charge in [-0.1, -0.05) is 18.2 Å². The van der Waals surface area contributed by atoms with Crippen LogP contribution in [0, 0.1) is 12.7 Å². The number of hydrogen-bond acceptors (Lipinski definition) is 3. The van der Waals surface area contributed by atoms with Gasteiger partial charge in [0, 0.05) is 13.1 Å². The molecule has 2 heterocycles. The molecule has 0 saturated carbocycles. The zero-order valence-corrected chi connectivity index (χ0v) is 14.3. The zero-order valence-electron chi connectivity index (χ0n) is 14.3. The first kappa shape index (κ1) is 16.9. The number of hydrogen-bond donors (Lipinski definition) is 1. The fourth-order valence-electron chi connectivity index (χ4n) is 2.80. The summed E-state index contributed by atoms with van der Waals surface area (Å²) in [5.74, 6) is 0.156. The summed E-state index contributed by atoms with van der Waals surface area (Å²) in [5.41, 5.74) is 1.12. The second-order valence-corrected chi connectivity index (χ2v) is 5.68. The average molecular weight is 342 g/mol. The van der Waals surface area contributed by atoms with Crippen LogP contribution in [0.1, 0.15) is 30.8 Å². The number of imidazole rings is 1. The molecular weight excluding hydrogens is 323 g/mol. The van der Waals surface area contributed by atoms with Gasteiger partial charge in [0.2, 0.25) is 0 Å². The van der Waals surface area contributed by atoms with Crippen molar-refractivity contribution >= 4 is 23.3 Å². The van der Waals surface area contributed by atoms with E-state index in [1.54, 1.807) is 38.1 Å². The highest BCUT2D eigenvalue weighted by Crippen LogP contribution is 2.15. The molecule has 0 radical (unpaired) electrons. The maximum absolute atomic E-state index is 13.6. The van der Waals surface area contributed by atoms with Gasteiger partial charge in [0.05, 0.1) is 0 Å². The molecule has 0 amide bonds. The second-order valence-electron chi connectivity index (χ2n) is 5.68. The highest BCUT2D eigenvalue weighted by Gasteiger charge is 2.14. The van der Waals surface area contributed by atoms with Crippen molar-refractivity contribution in [2.45, 2.75) is 33.9 Å². The largest absolute Gasteiger partial charge is 0.333 e. The predicted molar refractivity (Wildman–Crippen MR) is 96.0 cm³/mol. The van der Waals surface area contributed by atoms with E-state index in [9.17, 15) is 14.0 Å². The fraction of sp³-hybridized carbons (Fsp3) is 0.278. The molecule has 3 rings (SSSR count). The maximum Gasteiger partial charge on any atom is 0.332 e. The standard InChI is InChI=1S/C18H19FN4O2/c1-4-22-16-15(17(24)23(5-2)18(22)25)20-14(21-16)10-9-12-7-6-8-13(19)11(12)3/h6-10H,4-5H2,1-3H3,(H,20,21)/b10-9+. The van der Waals surface area contributed by atoms with Gasteiger partial charge in [-0.05, 0) is 44.0 Å². The Morgan fingerprint density at radius 2 is 1.88 bits per heavy atom. The van der Waals surface area contributed by atoms with Crippen molar-refractivity contribution < 1.29 is 4.39 Å². The smallest absolute Gasteiger partial charge is 0.332 e. The molecule has 0 aliphatic heterocycles. The topological polar surface area (TPSA) is 72.7 Å². The van der Waals surface area contributed by atoms with E-state index in [2.05, 4.69) is 9.97 Å². The highest BCUT2D eigenvalue weighted by atomic mass is 19.1. The Bertz CT molecular complexity index is 1090. The van der Waals surface area contributed by atoms with E-state index in [4.69, 9.17) is 0 Å². The summed E-state index contributed by atoms with van der Waals surface area (Å²) in [4.78, 5) is 32.1. The normalized spacial score (nSPS) is 11.7. The number of rotatable bonds is 4. The first-order chi connectivity index (χ1) is 12.0. The van der Waals surface area contributed by atoms with Gasteiger partial charge in [-0.3, -0.25) is 13.9 Å². The van der Waals surface area contributed by atoms with Crippen molar-refractivity contribution in [1.82, 2.24) is 19.1 Å². The first-order valence-electron chi connectivity index (χ1n) is 8.14. The number of halogens is 1. The molecule has 25 heavy (non-hydrogen) atoms. The molecular formula is C18H19FN4O2. The van der Waals surface area contributed by atoms with Crippen molar-refractivity contribution in [3.05, 3.63) is 61.8 Å². The molecule has 7 heteroatoms. The summed E-state index contributed by atoms with van der Waals surface area (Å²) < 4.78 is 16.2. The van der Waals surface area contributed by atoms with Gasteiger partial charge >= 0.3 is 5.69 Å². The van der Waals surface area contributed by atoms with Crippen LogP contribution >= 0.6 is 0 Å². The lowest BCUT2D eigenvalue weighted by Gasteiger charge is -2.06. The number of H-pyrrole nitrogens is 1. The van der Waals surface area contributed by atoms with E-state index in [0.29, 0.717) is 35.6 Å². The Kier molecular flexibility index (Phi) is 4.39. The minimum atomic E-state index is -0.388. The molecule has 6 nitrogen and oxygen atoms in total. The van der Waals surface area contributed by atoms with Crippen LogP contribution in [0.5, 0.6) is 0 Å². The third-order valence-electron chi connectivity index (χ3n) is 4.24. The Hall–Kier alpha value is -2.96. The van der Waals surface area contributed by atoms with Crippen molar-refractivity contribution in [2.24, 2.45) is 0 Å². The van der Waals surface area contributed by atoms with Crippen LogP contribution in [0.2, 0.25) is 0 Å². The molecule has 1 N–H and O–H groups in total. The maximum atomic E-state index is 13.6. The van der Waals surface area contributed by atoms with Crippen LogP contribution in [0.25, 0.3) is 23.3 Å². The van der Waals surface area contributed by atoms with Crippen LogP contribution in [0.4, 0.5) is 4.39 Å². The molecule has 1 aromatic carbocycles. The molecule has 130 valence electrons. The summed E-state index contributed by atoms with van der Waals surface area (Å²) in [6.07, 6.45) is 3.39. The Balaban J connectivity index is 2.15. The molecule has 3 aromatic rings. The molecule has 0 unspecified atom stereocenters. The minimum absolute atomic E-state index is 0.280. The lowest BCUT2D eigenvalue weighted by molar-refractivity contribution is 0.605. The molecule has 0 spiro atoms. The predicted octanol–water partition coefficient (Wildman–Crippen LogP) is 2.54. The number of fused-ring (bicyclic) bond motifs is 1. The van der Waals surface area contributed by atoms with E-state index in [0.717, 1.165) is 5.56 Å². The van der Waals surface area contributed by atoms with Gasteiger partial charge in [0.15, 0.2) is 5.65 Å². The molecule has 0 atom stereocenters. The van der Waals surface area contributed by atoms with E-state index < -0.39 is 0 Å². The summed E-state index contributed by atoms with van der Waals surface area (Å²) >= 11 is 0. The van der Waals surface area contributed by atoms with E-state index in [1.807, 2.05) is 6.92 Å². The van der Waals surface area contributed by atoms with Crippen LogP contribution in [0.15, 0.2) is 27.8 Å². The second kappa shape index (κ2) is 6.51. The van der Waals surface area contributed by atoms with E-state index >= 15 is 0 Å². The molecule has 0 aliphatic rings. The Morgan fingerprint density at radius 3 is 2.56 bits per heavy atom. The van der Waals surface area contributed by atoms with Crippen molar-refractivity contribution in [1.29, 1.82) is 0 Å². The van der Waals surface area contributed by atoms with E-state index in [-0.39, 0.29) is 17.1 Å². The number of aromatic nitrogens is 4. The molecule has 0 aliphatic carbocycles. The quantitative estimate of drug-likeness (QED) is 0.792. The van der Waals surface area contributed by atoms with Gasteiger partial charge in [-0.2, -0.15) is 0 Å². The number of nitrogens with one attached hydrogen (secondary N) is 1. The number of aromatic amines is 1. The van der Waals surface area contributed by atoms with Crippen molar-refractivity contribution in [3.8, 4) is 0 Å². The summed E-state index contributed by atoms with van der Waals surface area (Å²) in [6, 6.07) is 4.83. The zero-order chi connectivity index (χ0) is 18.1. The van der Waals surface area contributed by atoms with E-state index in [1.165, 1.54) is 15.2 Å². The van der Waals surface area contributed by atoms with Crippen LogP contribution in [-0.4, -0.2) is 19.1 Å². The summed E-state index contributed by atoms with van der Waals surface area (Å²) in [7, 11) is 0. The third kappa shape index (κ3) is 2.82. The molecule has 0 fully saturated rings. The molecule has 0 bridgehead atoms. The summed E-state index contributed by atoms with van der Waals surface area (Å²) in [5, 5.41) is 0. The number of aryl methyl sites for hydroxylation is 1. The van der Waals surface area contributed by atoms with Crippen molar-refractivity contribution in [2.75, 3.05) is 0 Å². The monoisotopic (exact) mass is 342 g/mol. The fourth-order valence-corrected chi connectivity index (χ4v) is 2.80. The van der Waals surface area contributed by atoms with Crippen LogP contribution < -0.4 is 11.2 Å². The van der Waals surface area contributed by atoms with Crippen molar-refractivity contribution in [3.63, 3.8) is 0 Å².